The molecule has 7 aromatic carbocycles. The Morgan fingerprint density at radius 2 is 0.862 bits per heavy atom. The number of thiophene rings is 1. The van der Waals surface area contributed by atoms with Gasteiger partial charge in [-0.3, -0.25) is 9.13 Å². The highest BCUT2D eigenvalue weighted by Gasteiger charge is 2.45. The molecule has 6 nitrogen and oxygen atoms in total. The molecule has 0 fully saturated rings. The van der Waals surface area contributed by atoms with Gasteiger partial charge in [-0.15, -0.1) is 11.3 Å². The molecule has 7 heteroatoms. The Kier molecular flexibility index (Phi) is 6.43. The zero-order valence-corrected chi connectivity index (χ0v) is 31.7. The zero-order valence-electron chi connectivity index (χ0n) is 30.9. The van der Waals surface area contributed by atoms with Crippen molar-refractivity contribution in [3.8, 4) is 23.0 Å². The highest BCUT2D eigenvalue weighted by atomic mass is 32.1. The van der Waals surface area contributed by atoms with Crippen molar-refractivity contribution in [1.82, 2.24) is 29.1 Å². The molecule has 270 valence electrons. The van der Waals surface area contributed by atoms with Gasteiger partial charge in [-0.25, -0.2) is 19.9 Å². The molecule has 1 aliphatic rings. The van der Waals surface area contributed by atoms with Crippen molar-refractivity contribution in [2.75, 3.05) is 0 Å². The van der Waals surface area contributed by atoms with Gasteiger partial charge in [-0.05, 0) is 69.8 Å². The van der Waals surface area contributed by atoms with E-state index in [1.165, 1.54) is 75.1 Å². The van der Waals surface area contributed by atoms with Gasteiger partial charge in [-0.1, -0.05) is 121 Å². The Morgan fingerprint density at radius 3 is 1.45 bits per heavy atom. The van der Waals surface area contributed by atoms with Gasteiger partial charge in [0.05, 0.1) is 27.5 Å². The second kappa shape index (κ2) is 11.8. The van der Waals surface area contributed by atoms with Crippen LogP contribution in [0, 0.1) is 0 Å². The third-order valence-electron chi connectivity index (χ3n) is 12.2. The molecule has 0 radical (unpaired) electrons. The van der Waals surface area contributed by atoms with Crippen molar-refractivity contribution in [1.29, 1.82) is 0 Å². The highest BCUT2D eigenvalue weighted by Crippen LogP contribution is 2.60. The molecule has 5 aromatic heterocycles. The Labute approximate surface area is 336 Å². The molecule has 0 N–H and O–H groups in total. The summed E-state index contributed by atoms with van der Waals surface area (Å²) in [5, 5.41) is 7.32. The van der Waals surface area contributed by atoms with E-state index < -0.39 is 5.41 Å². The van der Waals surface area contributed by atoms with E-state index in [0.29, 0.717) is 11.9 Å². The first-order valence-corrected chi connectivity index (χ1v) is 20.3. The fraction of sp³-hybridized carbons (Fsp3) is 0.0196. The van der Waals surface area contributed by atoms with E-state index in [4.69, 9.17) is 19.9 Å². The third kappa shape index (κ3) is 4.00. The Bertz CT molecular complexity index is 3570. The molecule has 0 bridgehead atoms. The number of hydrogen-bond donors (Lipinski definition) is 0. The van der Waals surface area contributed by atoms with Crippen molar-refractivity contribution in [3.63, 3.8) is 0 Å². The summed E-state index contributed by atoms with van der Waals surface area (Å²) in [6.45, 7) is 0. The average Bonchev–Trinajstić information content (AvgIpc) is 3.94. The number of fused-ring (bicyclic) bond motifs is 10. The molecule has 13 rings (SSSR count). The standard InChI is InChI=1S/C51H30N6S/c1-3-15-31(16-4-1)51(32-17-5-2-6-18-32)37-22-10-7-19-33(37)36-29-41-43(34-20-8-11-23-39(34)56(41)49-52-25-13-26-53-49)47-45(36)46-38(51)30-42-44(48(46)58-47)35-21-9-12-24-40(35)57(42)50-54-27-14-28-55-50/h1-30H. The summed E-state index contributed by atoms with van der Waals surface area (Å²) in [7, 11) is 0. The van der Waals surface area contributed by atoms with Gasteiger partial charge in [0.25, 0.3) is 0 Å². The van der Waals surface area contributed by atoms with Gasteiger partial charge in [0.15, 0.2) is 0 Å². The number of aromatic nitrogens is 6. The Balaban J connectivity index is 1.36. The van der Waals surface area contributed by atoms with Crippen molar-refractivity contribution >= 4 is 75.1 Å². The lowest BCUT2D eigenvalue weighted by atomic mass is 9.63. The fourth-order valence-electron chi connectivity index (χ4n) is 10.1. The van der Waals surface area contributed by atoms with Gasteiger partial charge in [0.1, 0.15) is 0 Å². The zero-order chi connectivity index (χ0) is 38.0. The van der Waals surface area contributed by atoms with Crippen LogP contribution < -0.4 is 0 Å². The van der Waals surface area contributed by atoms with Gasteiger partial charge in [-0.2, -0.15) is 0 Å². The number of hydrogen-bond acceptors (Lipinski definition) is 5. The summed E-state index contributed by atoms with van der Waals surface area (Å²) >= 11 is 1.90. The van der Waals surface area contributed by atoms with E-state index in [-0.39, 0.29) is 0 Å². The van der Waals surface area contributed by atoms with Crippen molar-refractivity contribution in [3.05, 3.63) is 205 Å². The van der Waals surface area contributed by atoms with Crippen LogP contribution in [0.1, 0.15) is 22.3 Å². The maximum atomic E-state index is 4.87. The second-order valence-corrected chi connectivity index (χ2v) is 16.0. The van der Waals surface area contributed by atoms with Crippen molar-refractivity contribution in [2.24, 2.45) is 0 Å². The molecule has 0 unspecified atom stereocenters. The number of rotatable bonds is 4. The highest BCUT2D eigenvalue weighted by molar-refractivity contribution is 7.28. The molecule has 0 spiro atoms. The summed E-state index contributed by atoms with van der Waals surface area (Å²) in [5.74, 6) is 1.30. The predicted molar refractivity (Wildman–Crippen MR) is 236 cm³/mol. The van der Waals surface area contributed by atoms with Crippen LogP contribution in [0.2, 0.25) is 0 Å². The molecule has 1 aliphatic carbocycles. The molecule has 5 heterocycles. The van der Waals surface area contributed by atoms with Gasteiger partial charge < -0.3 is 0 Å². The quantitative estimate of drug-likeness (QED) is 0.179. The van der Waals surface area contributed by atoms with Crippen LogP contribution in [0.25, 0.3) is 86.8 Å². The van der Waals surface area contributed by atoms with E-state index in [1.807, 2.05) is 48.3 Å². The number of nitrogens with zero attached hydrogens (tertiary/aromatic N) is 6. The molecule has 0 saturated heterocycles. The molecule has 58 heavy (non-hydrogen) atoms. The van der Waals surface area contributed by atoms with Crippen LogP contribution in [0.3, 0.4) is 0 Å². The average molecular weight is 759 g/mol. The fourth-order valence-corrected chi connectivity index (χ4v) is 11.6. The van der Waals surface area contributed by atoms with E-state index >= 15 is 0 Å². The number of para-hydroxylation sites is 2. The molecule has 0 atom stereocenters. The minimum atomic E-state index is -0.706. The van der Waals surface area contributed by atoms with E-state index in [9.17, 15) is 0 Å². The molecule has 12 aromatic rings. The molecule has 0 aliphatic heterocycles. The SMILES string of the molecule is c1ccc(C2(c3ccccc3)c3ccccc3-c3cc4c(c5ccccc5n4-c4ncccn4)c4sc5c(c2cc2c5c5ccccc5n2-c2ncccn2)c34)cc1. The first kappa shape index (κ1) is 31.7. The molecular weight excluding hydrogens is 729 g/mol. The Hall–Kier alpha value is -7.48. The first-order chi connectivity index (χ1) is 28.8. The lowest BCUT2D eigenvalue weighted by molar-refractivity contribution is 0.757. The number of benzene rings is 7. The normalized spacial score (nSPS) is 13.3. The van der Waals surface area contributed by atoms with Crippen molar-refractivity contribution in [2.45, 2.75) is 5.41 Å². The van der Waals surface area contributed by atoms with Gasteiger partial charge in [0, 0.05) is 66.5 Å². The van der Waals surface area contributed by atoms with Crippen LogP contribution in [0.5, 0.6) is 0 Å². The lowest BCUT2D eigenvalue weighted by Crippen LogP contribution is -2.31. The summed E-state index contributed by atoms with van der Waals surface area (Å²) < 4.78 is 7.01. The van der Waals surface area contributed by atoms with Crippen LogP contribution in [0.15, 0.2) is 183 Å². The van der Waals surface area contributed by atoms with Gasteiger partial charge >= 0.3 is 0 Å². The summed E-state index contributed by atoms with van der Waals surface area (Å²) in [5.41, 5.74) is 10.9. The molecular formula is C51H30N6S. The predicted octanol–water partition coefficient (Wildman–Crippen LogP) is 12.2. The lowest BCUT2D eigenvalue weighted by Gasteiger charge is -2.38. The second-order valence-electron chi connectivity index (χ2n) is 15.0. The summed E-state index contributed by atoms with van der Waals surface area (Å²) in [6, 6.07) is 57.3. The molecule has 0 saturated carbocycles. The van der Waals surface area contributed by atoms with Crippen molar-refractivity contribution < 1.29 is 0 Å². The largest absolute Gasteiger partial charge is 0.278 e. The topological polar surface area (TPSA) is 61.4 Å². The maximum Gasteiger partial charge on any atom is 0.234 e. The first-order valence-electron chi connectivity index (χ1n) is 19.5. The minimum absolute atomic E-state index is 0.648. The van der Waals surface area contributed by atoms with Gasteiger partial charge in [0.2, 0.25) is 11.9 Å². The third-order valence-corrected chi connectivity index (χ3v) is 13.5. The minimum Gasteiger partial charge on any atom is -0.278 e. The monoisotopic (exact) mass is 758 g/mol. The van der Waals surface area contributed by atoms with E-state index in [1.54, 1.807) is 0 Å². The smallest absolute Gasteiger partial charge is 0.234 e. The van der Waals surface area contributed by atoms with Crippen LogP contribution in [-0.2, 0) is 5.41 Å². The van der Waals surface area contributed by atoms with Crippen LogP contribution in [-0.4, -0.2) is 29.1 Å². The van der Waals surface area contributed by atoms with Crippen LogP contribution in [0.4, 0.5) is 0 Å². The molecule has 0 amide bonds. The maximum absolute atomic E-state index is 4.87. The Morgan fingerprint density at radius 1 is 0.379 bits per heavy atom. The summed E-state index contributed by atoms with van der Waals surface area (Å²) in [4.78, 5) is 19.4. The van der Waals surface area contributed by atoms with E-state index in [0.717, 1.165) is 22.1 Å². The van der Waals surface area contributed by atoms with Crippen LogP contribution >= 0.6 is 11.3 Å². The van der Waals surface area contributed by atoms with E-state index in [2.05, 4.69) is 155 Å². The summed E-state index contributed by atoms with van der Waals surface area (Å²) in [6.07, 6.45) is 7.32.